The van der Waals surface area contributed by atoms with E-state index >= 15 is 0 Å². The molecular formula is C15H28N2O3. The van der Waals surface area contributed by atoms with E-state index in [4.69, 9.17) is 5.73 Å². The number of hydrogen-bond donors (Lipinski definition) is 3. The molecule has 1 aliphatic rings. The van der Waals surface area contributed by atoms with Gasteiger partial charge in [-0.2, -0.15) is 0 Å². The number of hydrogen-bond acceptors (Lipinski definition) is 3. The Bertz CT molecular complexity index is 347. The molecule has 116 valence electrons. The van der Waals surface area contributed by atoms with Crippen LogP contribution in [0.5, 0.6) is 0 Å². The first-order valence-electron chi connectivity index (χ1n) is 7.61. The lowest BCUT2D eigenvalue weighted by Crippen LogP contribution is -2.59. The normalized spacial score (nSPS) is 28.1. The Labute approximate surface area is 121 Å². The molecule has 4 N–H and O–H groups in total. The molecule has 0 aromatic carbocycles. The fraction of sp³-hybridized carbons (Fsp3) is 0.867. The lowest BCUT2D eigenvalue weighted by Gasteiger charge is -2.37. The Morgan fingerprint density at radius 1 is 1.35 bits per heavy atom. The number of carboxylic acid groups (broad SMARTS) is 1. The molecule has 1 rings (SSSR count). The van der Waals surface area contributed by atoms with Gasteiger partial charge < -0.3 is 16.2 Å². The highest BCUT2D eigenvalue weighted by Gasteiger charge is 2.43. The standard InChI is InChI=1S/C15H28N2O3/c1-4-11-5-7-15(8-6-11,14(19)20)17-13(18)12(16)9-10(2)3/h10-12H,4-9,16H2,1-3H3,(H,17,18)(H,19,20). The van der Waals surface area contributed by atoms with Gasteiger partial charge in [0.05, 0.1) is 6.04 Å². The summed E-state index contributed by atoms with van der Waals surface area (Å²) >= 11 is 0. The van der Waals surface area contributed by atoms with Crippen molar-refractivity contribution in [2.75, 3.05) is 0 Å². The third-order valence-electron chi connectivity index (χ3n) is 4.37. The molecule has 1 saturated carbocycles. The van der Waals surface area contributed by atoms with E-state index in [1.807, 2.05) is 13.8 Å². The van der Waals surface area contributed by atoms with Crippen LogP contribution < -0.4 is 11.1 Å². The van der Waals surface area contributed by atoms with Crippen LogP contribution in [0, 0.1) is 11.8 Å². The molecule has 20 heavy (non-hydrogen) atoms. The average Bonchev–Trinajstić information content (AvgIpc) is 2.38. The maximum absolute atomic E-state index is 12.1. The molecule has 0 heterocycles. The monoisotopic (exact) mass is 284 g/mol. The highest BCUT2D eigenvalue weighted by atomic mass is 16.4. The second-order valence-electron chi connectivity index (χ2n) is 6.46. The second-order valence-corrected chi connectivity index (χ2v) is 6.46. The Morgan fingerprint density at radius 3 is 2.30 bits per heavy atom. The van der Waals surface area contributed by atoms with Crippen LogP contribution >= 0.6 is 0 Å². The number of carbonyl (C=O) groups excluding carboxylic acids is 1. The molecule has 0 aromatic heterocycles. The molecule has 0 bridgehead atoms. The summed E-state index contributed by atoms with van der Waals surface area (Å²) in [7, 11) is 0. The topological polar surface area (TPSA) is 92.4 Å². The molecule has 1 unspecified atom stereocenters. The quantitative estimate of drug-likeness (QED) is 0.694. The summed E-state index contributed by atoms with van der Waals surface area (Å²) in [5, 5.41) is 12.2. The number of aliphatic carboxylic acids is 1. The summed E-state index contributed by atoms with van der Waals surface area (Å²) in [4.78, 5) is 23.7. The summed E-state index contributed by atoms with van der Waals surface area (Å²) in [5.74, 6) is -0.385. The first kappa shape index (κ1) is 17.0. The van der Waals surface area contributed by atoms with Gasteiger partial charge in [0.2, 0.25) is 5.91 Å². The fourth-order valence-corrected chi connectivity index (χ4v) is 2.91. The average molecular weight is 284 g/mol. The Balaban J connectivity index is 2.69. The van der Waals surface area contributed by atoms with Crippen LogP contribution in [-0.4, -0.2) is 28.6 Å². The van der Waals surface area contributed by atoms with Crippen LogP contribution in [0.1, 0.15) is 59.3 Å². The minimum Gasteiger partial charge on any atom is -0.480 e. The second kappa shape index (κ2) is 7.07. The minimum atomic E-state index is -1.11. The third kappa shape index (κ3) is 4.20. The lowest BCUT2D eigenvalue weighted by molar-refractivity contribution is -0.150. The van der Waals surface area contributed by atoms with E-state index in [1.54, 1.807) is 0 Å². The number of nitrogens with two attached hydrogens (primary N) is 1. The molecular weight excluding hydrogens is 256 g/mol. The van der Waals surface area contributed by atoms with Crippen molar-refractivity contribution in [3.05, 3.63) is 0 Å². The molecule has 0 radical (unpaired) electrons. The van der Waals surface area contributed by atoms with Gasteiger partial charge in [0, 0.05) is 0 Å². The van der Waals surface area contributed by atoms with Crippen molar-refractivity contribution in [2.24, 2.45) is 17.6 Å². The third-order valence-corrected chi connectivity index (χ3v) is 4.37. The van der Waals surface area contributed by atoms with Crippen LogP contribution in [0.3, 0.4) is 0 Å². The SMILES string of the molecule is CCC1CCC(NC(=O)C(N)CC(C)C)(C(=O)O)CC1. The summed E-state index contributed by atoms with van der Waals surface area (Å²) < 4.78 is 0. The molecule has 0 aliphatic heterocycles. The van der Waals surface area contributed by atoms with E-state index in [0.29, 0.717) is 31.1 Å². The summed E-state index contributed by atoms with van der Waals surface area (Å²) in [6.45, 7) is 6.11. The first-order chi connectivity index (χ1) is 9.30. The summed E-state index contributed by atoms with van der Waals surface area (Å²) in [6.07, 6.45) is 4.34. The lowest BCUT2D eigenvalue weighted by atomic mass is 9.75. The number of amides is 1. The van der Waals surface area contributed by atoms with Crippen molar-refractivity contribution in [2.45, 2.75) is 70.9 Å². The molecule has 0 spiro atoms. The zero-order valence-corrected chi connectivity index (χ0v) is 12.8. The number of carboxylic acids is 1. The molecule has 0 saturated heterocycles. The van der Waals surface area contributed by atoms with Crippen LogP contribution in [0.25, 0.3) is 0 Å². The van der Waals surface area contributed by atoms with Crippen molar-refractivity contribution in [3.8, 4) is 0 Å². The van der Waals surface area contributed by atoms with Crippen molar-refractivity contribution >= 4 is 11.9 Å². The van der Waals surface area contributed by atoms with Gasteiger partial charge in [0.1, 0.15) is 5.54 Å². The van der Waals surface area contributed by atoms with Crippen LogP contribution in [0.4, 0.5) is 0 Å². The van der Waals surface area contributed by atoms with Crippen LogP contribution in [0.2, 0.25) is 0 Å². The Hall–Kier alpha value is -1.10. The minimum absolute atomic E-state index is 0.312. The number of rotatable bonds is 6. The fourth-order valence-electron chi connectivity index (χ4n) is 2.91. The maximum Gasteiger partial charge on any atom is 0.329 e. The van der Waals surface area contributed by atoms with Crippen molar-refractivity contribution in [1.82, 2.24) is 5.32 Å². The molecule has 1 atom stereocenters. The largest absolute Gasteiger partial charge is 0.480 e. The van der Waals surface area contributed by atoms with Crippen molar-refractivity contribution in [3.63, 3.8) is 0 Å². The van der Waals surface area contributed by atoms with Gasteiger partial charge in [-0.05, 0) is 43.9 Å². The van der Waals surface area contributed by atoms with Gasteiger partial charge in [0.25, 0.3) is 0 Å². The summed E-state index contributed by atoms with van der Waals surface area (Å²) in [6, 6.07) is -0.630. The van der Waals surface area contributed by atoms with Gasteiger partial charge in [0.15, 0.2) is 0 Å². The summed E-state index contributed by atoms with van der Waals surface area (Å²) in [5.41, 5.74) is 4.73. The number of carbonyl (C=O) groups is 2. The van der Waals surface area contributed by atoms with Gasteiger partial charge in [-0.15, -0.1) is 0 Å². The van der Waals surface area contributed by atoms with Gasteiger partial charge in [-0.1, -0.05) is 27.2 Å². The van der Waals surface area contributed by atoms with Gasteiger partial charge >= 0.3 is 5.97 Å². The van der Waals surface area contributed by atoms with Gasteiger partial charge in [-0.25, -0.2) is 4.79 Å². The van der Waals surface area contributed by atoms with Crippen molar-refractivity contribution < 1.29 is 14.7 Å². The van der Waals surface area contributed by atoms with Gasteiger partial charge in [-0.3, -0.25) is 4.79 Å². The molecule has 1 amide bonds. The van der Waals surface area contributed by atoms with E-state index in [-0.39, 0.29) is 5.91 Å². The Morgan fingerprint density at radius 2 is 1.90 bits per heavy atom. The van der Waals surface area contributed by atoms with E-state index in [1.165, 1.54) is 0 Å². The van der Waals surface area contributed by atoms with Crippen molar-refractivity contribution in [1.29, 1.82) is 0 Å². The molecule has 5 nitrogen and oxygen atoms in total. The van der Waals surface area contributed by atoms with E-state index in [2.05, 4.69) is 12.2 Å². The highest BCUT2D eigenvalue weighted by Crippen LogP contribution is 2.34. The smallest absolute Gasteiger partial charge is 0.329 e. The molecule has 0 aromatic rings. The predicted molar refractivity (Wildman–Crippen MR) is 78.2 cm³/mol. The number of nitrogens with one attached hydrogen (secondary N) is 1. The van der Waals surface area contributed by atoms with E-state index in [9.17, 15) is 14.7 Å². The predicted octanol–water partition coefficient (Wildman–Crippen LogP) is 1.90. The molecule has 1 fully saturated rings. The highest BCUT2D eigenvalue weighted by molar-refractivity contribution is 5.89. The molecule has 5 heteroatoms. The zero-order valence-electron chi connectivity index (χ0n) is 12.8. The van der Waals surface area contributed by atoms with E-state index < -0.39 is 17.6 Å². The maximum atomic E-state index is 12.1. The zero-order chi connectivity index (χ0) is 15.3. The van der Waals surface area contributed by atoms with E-state index in [0.717, 1.165) is 19.3 Å². The first-order valence-corrected chi connectivity index (χ1v) is 7.61. The van der Waals surface area contributed by atoms with Crippen LogP contribution in [-0.2, 0) is 9.59 Å². The Kier molecular flexibility index (Phi) is 5.99. The molecule has 1 aliphatic carbocycles. The van der Waals surface area contributed by atoms with Crippen LogP contribution in [0.15, 0.2) is 0 Å².